The number of para-hydroxylation sites is 1. The highest BCUT2D eigenvalue weighted by atomic mass is 32.2. The van der Waals surface area contributed by atoms with Gasteiger partial charge in [-0.1, -0.05) is 35.5 Å². The monoisotopic (exact) mass is 407 g/mol. The highest BCUT2D eigenvalue weighted by Gasteiger charge is 2.30. The summed E-state index contributed by atoms with van der Waals surface area (Å²) >= 11 is 1.29. The van der Waals surface area contributed by atoms with Crippen LogP contribution in [0.25, 0.3) is 11.4 Å². The summed E-state index contributed by atoms with van der Waals surface area (Å²) in [5.41, 5.74) is 0.229. The Morgan fingerprint density at radius 3 is 2.61 bits per heavy atom. The topological polar surface area (TPSA) is 59.2 Å². The molecule has 0 atom stereocenters. The van der Waals surface area contributed by atoms with E-state index >= 15 is 0 Å². The lowest BCUT2D eigenvalue weighted by atomic mass is 10.1. The van der Waals surface area contributed by atoms with E-state index in [0.717, 1.165) is 17.8 Å². The predicted octanol–water partition coefficient (Wildman–Crippen LogP) is 4.65. The normalized spacial score (nSPS) is 11.4. The molecule has 0 bridgehead atoms. The van der Waals surface area contributed by atoms with Crippen LogP contribution in [0.4, 0.5) is 18.9 Å². The maximum Gasteiger partial charge on any atom is 0.416 e. The van der Waals surface area contributed by atoms with Gasteiger partial charge in [-0.05, 0) is 24.3 Å². The number of hydrogen-bond donors (Lipinski definition) is 0. The number of anilines is 1. The second kappa shape index (κ2) is 8.47. The van der Waals surface area contributed by atoms with Crippen LogP contribution in [0, 0.1) is 0 Å². The van der Waals surface area contributed by atoms with Crippen LogP contribution in [-0.2, 0) is 16.7 Å². The smallest absolute Gasteiger partial charge is 0.338 e. The molecule has 0 fully saturated rings. The molecular weight excluding hydrogens is 391 g/mol. The Hall–Kier alpha value is -2.81. The summed E-state index contributed by atoms with van der Waals surface area (Å²) in [7, 11) is 1.69. The van der Waals surface area contributed by atoms with Gasteiger partial charge in [-0.25, -0.2) is 0 Å². The number of nitrogens with zero attached hydrogens (tertiary/aromatic N) is 3. The molecule has 1 amide bonds. The molecule has 0 radical (unpaired) electrons. The average Bonchev–Trinajstić information content (AvgIpc) is 3.16. The molecule has 5 nitrogen and oxygen atoms in total. The maximum atomic E-state index is 12.8. The van der Waals surface area contributed by atoms with Crippen molar-refractivity contribution in [2.45, 2.75) is 11.9 Å². The molecule has 2 aromatic carbocycles. The summed E-state index contributed by atoms with van der Waals surface area (Å²) in [5, 5.41) is 3.73. The number of thioether (sulfide) groups is 1. The first-order valence-corrected chi connectivity index (χ1v) is 9.39. The molecule has 9 heteroatoms. The Kier molecular flexibility index (Phi) is 6.03. The van der Waals surface area contributed by atoms with E-state index in [1.807, 2.05) is 30.3 Å². The molecule has 0 aliphatic rings. The van der Waals surface area contributed by atoms with Crippen LogP contribution in [0.15, 0.2) is 59.1 Å². The van der Waals surface area contributed by atoms with Gasteiger partial charge in [0.25, 0.3) is 0 Å². The molecule has 0 saturated heterocycles. The lowest BCUT2D eigenvalue weighted by molar-refractivity contribution is -0.137. The molecule has 0 aliphatic carbocycles. The van der Waals surface area contributed by atoms with Crippen molar-refractivity contribution in [3.8, 4) is 11.4 Å². The Bertz CT molecular complexity index is 945. The largest absolute Gasteiger partial charge is 0.416 e. The summed E-state index contributed by atoms with van der Waals surface area (Å²) in [6.07, 6.45) is -4.44. The van der Waals surface area contributed by atoms with Gasteiger partial charge in [0.15, 0.2) is 0 Å². The van der Waals surface area contributed by atoms with Crippen LogP contribution in [-0.4, -0.2) is 28.8 Å². The lowest BCUT2D eigenvalue weighted by Gasteiger charge is -2.16. The van der Waals surface area contributed by atoms with Gasteiger partial charge < -0.3 is 9.42 Å². The first kappa shape index (κ1) is 19.9. The van der Waals surface area contributed by atoms with Crippen LogP contribution < -0.4 is 4.90 Å². The second-order valence-corrected chi connectivity index (χ2v) is 6.86. The van der Waals surface area contributed by atoms with Crippen molar-refractivity contribution < 1.29 is 22.5 Å². The number of alkyl halides is 3. The number of benzene rings is 2. The van der Waals surface area contributed by atoms with Crippen molar-refractivity contribution >= 4 is 23.4 Å². The van der Waals surface area contributed by atoms with Gasteiger partial charge in [-0.2, -0.15) is 18.2 Å². The molecule has 0 aliphatic heterocycles. The van der Waals surface area contributed by atoms with Crippen molar-refractivity contribution in [3.63, 3.8) is 0 Å². The molecule has 0 saturated carbocycles. The number of halogens is 3. The number of carbonyl (C=O) groups excluding carboxylic acids is 1. The molecule has 146 valence electrons. The number of rotatable bonds is 6. The molecular formula is C19H16F3N3O2S. The number of carbonyl (C=O) groups is 1. The van der Waals surface area contributed by atoms with Crippen LogP contribution in [0.3, 0.4) is 0 Å². The summed E-state index contributed by atoms with van der Waals surface area (Å²) in [6.45, 7) is 0. The summed E-state index contributed by atoms with van der Waals surface area (Å²) in [4.78, 5) is 17.9. The molecule has 1 heterocycles. The molecule has 0 N–H and O–H groups in total. The Morgan fingerprint density at radius 2 is 1.89 bits per heavy atom. The van der Waals surface area contributed by atoms with Gasteiger partial charge in [0.05, 0.1) is 17.1 Å². The molecule has 1 aromatic heterocycles. The second-order valence-electron chi connectivity index (χ2n) is 5.87. The Morgan fingerprint density at radius 1 is 1.14 bits per heavy atom. The van der Waals surface area contributed by atoms with Gasteiger partial charge in [-0.15, -0.1) is 11.8 Å². The van der Waals surface area contributed by atoms with Crippen LogP contribution in [0.1, 0.15) is 11.5 Å². The highest BCUT2D eigenvalue weighted by molar-refractivity contribution is 7.99. The van der Waals surface area contributed by atoms with Crippen LogP contribution >= 0.6 is 11.8 Å². The van der Waals surface area contributed by atoms with E-state index in [9.17, 15) is 18.0 Å². The third kappa shape index (κ3) is 4.92. The van der Waals surface area contributed by atoms with Crippen LogP contribution in [0.2, 0.25) is 0 Å². The third-order valence-electron chi connectivity index (χ3n) is 3.88. The van der Waals surface area contributed by atoms with Gasteiger partial charge in [0.1, 0.15) is 0 Å². The zero-order valence-electron chi connectivity index (χ0n) is 14.8. The fourth-order valence-corrected chi connectivity index (χ4v) is 3.15. The van der Waals surface area contributed by atoms with Crippen molar-refractivity contribution in [3.05, 3.63) is 66.1 Å². The number of amides is 1. The standard InChI is InChI=1S/C19H16F3N3O2S/c1-25(15-8-3-2-4-9-15)17(26)12-28-11-16-23-18(24-27-16)13-6-5-7-14(10-13)19(20,21)22/h2-10H,11-12H2,1H3. The van der Waals surface area contributed by atoms with Crippen molar-refractivity contribution in [2.75, 3.05) is 17.7 Å². The van der Waals surface area contributed by atoms with Gasteiger partial charge in [-0.3, -0.25) is 4.79 Å². The third-order valence-corrected chi connectivity index (χ3v) is 4.79. The number of aromatic nitrogens is 2. The zero-order chi connectivity index (χ0) is 20.1. The minimum Gasteiger partial charge on any atom is -0.338 e. The van der Waals surface area contributed by atoms with Gasteiger partial charge in [0.2, 0.25) is 17.6 Å². The molecule has 28 heavy (non-hydrogen) atoms. The van der Waals surface area contributed by atoms with Crippen LogP contribution in [0.5, 0.6) is 0 Å². The quantitative estimate of drug-likeness (QED) is 0.595. The van der Waals surface area contributed by atoms with E-state index in [2.05, 4.69) is 10.1 Å². The van der Waals surface area contributed by atoms with Gasteiger partial charge >= 0.3 is 6.18 Å². The van der Waals surface area contributed by atoms with Gasteiger partial charge in [0, 0.05) is 18.3 Å². The predicted molar refractivity (Wildman–Crippen MR) is 101 cm³/mol. The minimum absolute atomic E-state index is 0.0782. The average molecular weight is 407 g/mol. The zero-order valence-corrected chi connectivity index (χ0v) is 15.6. The van der Waals surface area contributed by atoms with E-state index in [4.69, 9.17) is 4.52 Å². The van der Waals surface area contributed by atoms with Crippen molar-refractivity contribution in [1.82, 2.24) is 10.1 Å². The first-order valence-electron chi connectivity index (χ1n) is 8.24. The number of hydrogen-bond acceptors (Lipinski definition) is 5. The summed E-state index contributed by atoms with van der Waals surface area (Å²) in [5.74, 6) is 0.711. The van der Waals surface area contributed by atoms with Crippen molar-refractivity contribution in [1.29, 1.82) is 0 Å². The van der Waals surface area contributed by atoms with Crippen molar-refractivity contribution in [2.24, 2.45) is 0 Å². The fraction of sp³-hybridized carbons (Fsp3) is 0.211. The Balaban J connectivity index is 1.58. The SMILES string of the molecule is CN(C(=O)CSCc1nc(-c2cccc(C(F)(F)F)c2)no1)c1ccccc1. The first-order chi connectivity index (χ1) is 13.3. The highest BCUT2D eigenvalue weighted by Crippen LogP contribution is 2.31. The minimum atomic E-state index is -4.44. The molecule has 3 aromatic rings. The van der Waals surface area contributed by atoms with E-state index in [1.54, 1.807) is 11.9 Å². The van der Waals surface area contributed by atoms with E-state index in [0.29, 0.717) is 0 Å². The maximum absolute atomic E-state index is 12.8. The lowest BCUT2D eigenvalue weighted by Crippen LogP contribution is -2.27. The summed E-state index contributed by atoms with van der Waals surface area (Å²) < 4.78 is 43.5. The van der Waals surface area contributed by atoms with E-state index in [-0.39, 0.29) is 34.7 Å². The Labute approximate surface area is 163 Å². The molecule has 3 rings (SSSR count). The molecule has 0 spiro atoms. The van der Waals surface area contributed by atoms with E-state index in [1.165, 1.54) is 23.9 Å². The summed E-state index contributed by atoms with van der Waals surface area (Å²) in [6, 6.07) is 14.0. The molecule has 0 unspecified atom stereocenters. The fourth-order valence-electron chi connectivity index (χ4n) is 2.38. The van der Waals surface area contributed by atoms with E-state index < -0.39 is 11.7 Å².